The fraction of sp³-hybridized carbons (Fsp3) is 0.375. The molecule has 98 valence electrons. The van der Waals surface area contributed by atoms with E-state index in [1.165, 1.54) is 5.56 Å². The summed E-state index contributed by atoms with van der Waals surface area (Å²) in [6, 6.07) is 12.0. The number of nitrogens with zero attached hydrogens (tertiary/aromatic N) is 1. The zero-order valence-corrected chi connectivity index (χ0v) is 11.1. The van der Waals surface area contributed by atoms with E-state index >= 15 is 0 Å². The minimum absolute atomic E-state index is 0.0318. The zero-order valence-electron chi connectivity index (χ0n) is 11.1. The highest BCUT2D eigenvalue weighted by atomic mass is 16.1. The van der Waals surface area contributed by atoms with Crippen molar-refractivity contribution in [3.63, 3.8) is 0 Å². The molecule has 0 spiro atoms. The Morgan fingerprint density at radius 3 is 2.63 bits per heavy atom. The van der Waals surface area contributed by atoms with Crippen molar-refractivity contribution >= 4 is 0 Å². The Hall–Kier alpha value is -1.90. The van der Waals surface area contributed by atoms with Crippen LogP contribution in [0.2, 0.25) is 0 Å². The molecule has 0 atom stereocenters. The van der Waals surface area contributed by atoms with E-state index in [9.17, 15) is 4.79 Å². The Balaban J connectivity index is 2.05. The van der Waals surface area contributed by atoms with Crippen molar-refractivity contribution in [1.82, 2.24) is 9.97 Å². The van der Waals surface area contributed by atoms with Crippen LogP contribution in [-0.2, 0) is 11.8 Å². The Bertz CT molecular complexity index is 627. The minimum atomic E-state index is -0.0514. The van der Waals surface area contributed by atoms with Crippen molar-refractivity contribution in [1.29, 1.82) is 0 Å². The molecule has 1 heterocycles. The highest BCUT2D eigenvalue weighted by molar-refractivity contribution is 5.39. The first-order valence-corrected chi connectivity index (χ1v) is 6.91. The number of benzene rings is 1. The van der Waals surface area contributed by atoms with E-state index in [-0.39, 0.29) is 11.0 Å². The third-order valence-electron chi connectivity index (χ3n) is 3.83. The summed E-state index contributed by atoms with van der Waals surface area (Å²) in [4.78, 5) is 19.4. The Morgan fingerprint density at radius 2 is 2.00 bits per heavy atom. The van der Waals surface area contributed by atoms with Crippen LogP contribution in [0.3, 0.4) is 0 Å². The normalized spacial score (nSPS) is 16.3. The molecule has 3 nitrogen and oxygen atoms in total. The van der Waals surface area contributed by atoms with E-state index < -0.39 is 0 Å². The average Bonchev–Trinajstić information content (AvgIpc) is 3.21. The van der Waals surface area contributed by atoms with Gasteiger partial charge in [-0.1, -0.05) is 43.7 Å². The first kappa shape index (κ1) is 12.2. The Labute approximate surface area is 112 Å². The van der Waals surface area contributed by atoms with E-state index in [0.29, 0.717) is 0 Å². The maximum Gasteiger partial charge on any atom is 0.251 e. The molecule has 1 N–H and O–H groups in total. The van der Waals surface area contributed by atoms with Gasteiger partial charge in [-0.15, -0.1) is 0 Å². The summed E-state index contributed by atoms with van der Waals surface area (Å²) in [6.07, 6.45) is 4.00. The predicted octanol–water partition coefficient (Wildman–Crippen LogP) is 2.80. The molecule has 1 aliphatic rings. The smallest absolute Gasteiger partial charge is 0.251 e. The van der Waals surface area contributed by atoms with Crippen LogP contribution in [0.5, 0.6) is 0 Å². The van der Waals surface area contributed by atoms with Gasteiger partial charge in [-0.05, 0) is 24.8 Å². The van der Waals surface area contributed by atoms with Gasteiger partial charge < -0.3 is 4.98 Å². The highest BCUT2D eigenvalue weighted by Crippen LogP contribution is 2.51. The zero-order chi connectivity index (χ0) is 13.3. The van der Waals surface area contributed by atoms with Crippen LogP contribution in [-0.4, -0.2) is 9.97 Å². The second kappa shape index (κ2) is 4.65. The molecule has 0 amide bonds. The number of aromatic nitrogens is 2. The third-order valence-corrected chi connectivity index (χ3v) is 3.83. The summed E-state index contributed by atoms with van der Waals surface area (Å²) in [5, 5.41) is 0. The molecule has 1 aliphatic carbocycles. The van der Waals surface area contributed by atoms with Gasteiger partial charge in [0.05, 0.1) is 5.41 Å². The second-order valence-electron chi connectivity index (χ2n) is 5.28. The summed E-state index contributed by atoms with van der Waals surface area (Å²) in [7, 11) is 0. The van der Waals surface area contributed by atoms with E-state index in [1.54, 1.807) is 6.07 Å². The summed E-state index contributed by atoms with van der Waals surface area (Å²) < 4.78 is 0. The summed E-state index contributed by atoms with van der Waals surface area (Å²) in [6.45, 7) is 2.10. The van der Waals surface area contributed by atoms with Crippen LogP contribution in [0.4, 0.5) is 0 Å². The number of aromatic amines is 1. The summed E-state index contributed by atoms with van der Waals surface area (Å²) in [5.74, 6) is 0.842. The maximum atomic E-state index is 11.8. The van der Waals surface area contributed by atoms with Crippen LogP contribution < -0.4 is 5.56 Å². The lowest BCUT2D eigenvalue weighted by Gasteiger charge is -2.15. The summed E-state index contributed by atoms with van der Waals surface area (Å²) in [5.41, 5.74) is 2.08. The maximum absolute atomic E-state index is 11.8. The predicted molar refractivity (Wildman–Crippen MR) is 75.3 cm³/mol. The molecule has 1 aromatic heterocycles. The summed E-state index contributed by atoms with van der Waals surface area (Å²) >= 11 is 0. The monoisotopic (exact) mass is 254 g/mol. The Morgan fingerprint density at radius 1 is 1.26 bits per heavy atom. The fourth-order valence-corrected chi connectivity index (χ4v) is 2.66. The van der Waals surface area contributed by atoms with Gasteiger partial charge in [0.2, 0.25) is 0 Å². The molecule has 1 aromatic carbocycles. The van der Waals surface area contributed by atoms with Crippen LogP contribution in [0.1, 0.15) is 43.3 Å². The molecule has 1 fully saturated rings. The van der Waals surface area contributed by atoms with Gasteiger partial charge in [0.1, 0.15) is 5.82 Å². The highest BCUT2D eigenvalue weighted by Gasteiger charge is 2.48. The number of rotatable bonds is 4. The molecule has 3 rings (SSSR count). The molecule has 0 saturated heterocycles. The van der Waals surface area contributed by atoms with Crippen LogP contribution >= 0.6 is 0 Å². The third kappa shape index (κ3) is 2.21. The van der Waals surface area contributed by atoms with Crippen molar-refractivity contribution < 1.29 is 0 Å². The first-order chi connectivity index (χ1) is 9.24. The number of nitrogens with one attached hydrogen (secondary N) is 1. The second-order valence-corrected chi connectivity index (χ2v) is 5.28. The lowest BCUT2D eigenvalue weighted by molar-refractivity contribution is 0.724. The average molecular weight is 254 g/mol. The molecule has 2 aromatic rings. The molecule has 0 unspecified atom stereocenters. The van der Waals surface area contributed by atoms with Gasteiger partial charge in [-0.25, -0.2) is 4.98 Å². The number of hydrogen-bond acceptors (Lipinski definition) is 2. The van der Waals surface area contributed by atoms with E-state index in [1.807, 2.05) is 18.2 Å². The van der Waals surface area contributed by atoms with Gasteiger partial charge in [0.15, 0.2) is 0 Å². The van der Waals surface area contributed by atoms with Gasteiger partial charge >= 0.3 is 0 Å². The van der Waals surface area contributed by atoms with E-state index in [0.717, 1.165) is 37.2 Å². The lowest BCUT2D eigenvalue weighted by Crippen LogP contribution is -2.20. The molecule has 19 heavy (non-hydrogen) atoms. The van der Waals surface area contributed by atoms with Crippen molar-refractivity contribution in [3.05, 3.63) is 63.8 Å². The molecule has 0 radical (unpaired) electrons. The standard InChI is InChI=1S/C16H18N2O/c1-2-6-13-11-14(19)18-15(17-13)16(9-10-16)12-7-4-3-5-8-12/h3-5,7-8,11H,2,6,9-10H2,1H3,(H,17,18,19). The Kier molecular flexibility index (Phi) is 2.97. The quantitative estimate of drug-likeness (QED) is 0.912. The van der Waals surface area contributed by atoms with Crippen molar-refractivity contribution in [2.24, 2.45) is 0 Å². The molecule has 3 heteroatoms. The van der Waals surface area contributed by atoms with Crippen molar-refractivity contribution in [3.8, 4) is 0 Å². The van der Waals surface area contributed by atoms with Gasteiger partial charge in [0.25, 0.3) is 5.56 Å². The largest absolute Gasteiger partial charge is 0.310 e. The van der Waals surface area contributed by atoms with Gasteiger partial charge in [-0.2, -0.15) is 0 Å². The molecular weight excluding hydrogens is 236 g/mol. The van der Waals surface area contributed by atoms with Crippen molar-refractivity contribution in [2.45, 2.75) is 38.0 Å². The molecule has 0 aliphatic heterocycles. The van der Waals surface area contributed by atoms with Crippen LogP contribution in [0.15, 0.2) is 41.2 Å². The number of hydrogen-bond donors (Lipinski definition) is 1. The van der Waals surface area contributed by atoms with E-state index in [4.69, 9.17) is 0 Å². The topological polar surface area (TPSA) is 45.8 Å². The minimum Gasteiger partial charge on any atom is -0.310 e. The first-order valence-electron chi connectivity index (χ1n) is 6.91. The molecule has 0 bridgehead atoms. The fourth-order valence-electron chi connectivity index (χ4n) is 2.66. The van der Waals surface area contributed by atoms with Gasteiger partial charge in [0, 0.05) is 11.8 Å². The van der Waals surface area contributed by atoms with Crippen LogP contribution in [0, 0.1) is 0 Å². The SMILES string of the molecule is CCCc1cc(=O)[nH]c(C2(c3ccccc3)CC2)n1. The number of aryl methyl sites for hydroxylation is 1. The number of H-pyrrole nitrogens is 1. The lowest BCUT2D eigenvalue weighted by atomic mass is 9.95. The van der Waals surface area contributed by atoms with Crippen LogP contribution in [0.25, 0.3) is 0 Å². The van der Waals surface area contributed by atoms with Gasteiger partial charge in [-0.3, -0.25) is 4.79 Å². The van der Waals surface area contributed by atoms with E-state index in [2.05, 4.69) is 29.0 Å². The van der Waals surface area contributed by atoms with Crippen molar-refractivity contribution in [2.75, 3.05) is 0 Å². The molecule has 1 saturated carbocycles. The molecular formula is C16H18N2O.